The molecule has 5 nitrogen and oxygen atoms in total. The van der Waals surface area contributed by atoms with Crippen molar-refractivity contribution in [2.24, 2.45) is 5.92 Å². The molecule has 0 bridgehead atoms. The van der Waals surface area contributed by atoms with Crippen molar-refractivity contribution < 1.29 is 9.53 Å². The molecule has 21 heavy (non-hydrogen) atoms. The normalized spacial score (nSPS) is 26.2. The molecule has 114 valence electrons. The fourth-order valence-corrected chi connectivity index (χ4v) is 3.16. The van der Waals surface area contributed by atoms with Crippen LogP contribution in [0.5, 0.6) is 0 Å². The lowest BCUT2D eigenvalue weighted by molar-refractivity contribution is -0.131. The molecule has 0 radical (unpaired) electrons. The van der Waals surface area contributed by atoms with Crippen molar-refractivity contribution in [3.05, 3.63) is 24.3 Å². The molecule has 0 saturated carbocycles. The zero-order valence-corrected chi connectivity index (χ0v) is 12.7. The van der Waals surface area contributed by atoms with E-state index in [0.717, 1.165) is 31.0 Å². The molecule has 0 aliphatic carbocycles. The van der Waals surface area contributed by atoms with E-state index >= 15 is 0 Å². The topological polar surface area (TPSA) is 44.8 Å². The van der Waals surface area contributed by atoms with E-state index in [-0.39, 0.29) is 12.0 Å². The van der Waals surface area contributed by atoms with Crippen LogP contribution >= 0.6 is 0 Å². The number of para-hydroxylation sites is 2. The molecule has 1 amide bonds. The van der Waals surface area contributed by atoms with E-state index in [9.17, 15) is 4.79 Å². The average Bonchev–Trinajstić information content (AvgIpc) is 2.64. The van der Waals surface area contributed by atoms with Gasteiger partial charge in [0.05, 0.1) is 18.0 Å². The number of hydrogen-bond acceptors (Lipinski definition) is 4. The van der Waals surface area contributed by atoms with Crippen molar-refractivity contribution in [3.8, 4) is 0 Å². The first kappa shape index (κ1) is 14.4. The second-order valence-corrected chi connectivity index (χ2v) is 5.99. The van der Waals surface area contributed by atoms with Gasteiger partial charge in [-0.05, 0) is 18.1 Å². The molecular weight excluding hydrogens is 266 g/mol. The van der Waals surface area contributed by atoms with Crippen LogP contribution in [0.4, 0.5) is 11.4 Å². The summed E-state index contributed by atoms with van der Waals surface area (Å²) in [5.74, 6) is 0.486. The van der Waals surface area contributed by atoms with Crippen molar-refractivity contribution in [2.75, 3.05) is 49.6 Å². The largest absolute Gasteiger partial charge is 0.373 e. The summed E-state index contributed by atoms with van der Waals surface area (Å²) in [6.45, 7) is 5.88. The Balaban J connectivity index is 1.92. The fraction of sp³-hybridized carbons (Fsp3) is 0.562. The first-order chi connectivity index (χ1) is 10.2. The lowest BCUT2D eigenvalue weighted by atomic mass is 10.1. The highest BCUT2D eigenvalue weighted by Crippen LogP contribution is 2.33. The van der Waals surface area contributed by atoms with Crippen LogP contribution in [0.25, 0.3) is 0 Å². The molecule has 3 rings (SSSR count). The Bertz CT molecular complexity index is 514. The Hall–Kier alpha value is -1.59. The zero-order valence-electron chi connectivity index (χ0n) is 12.7. The smallest absolute Gasteiger partial charge is 0.257 e. The molecule has 0 spiro atoms. The Morgan fingerprint density at radius 1 is 1.29 bits per heavy atom. The van der Waals surface area contributed by atoms with Crippen LogP contribution in [0, 0.1) is 5.92 Å². The zero-order chi connectivity index (χ0) is 14.8. The quantitative estimate of drug-likeness (QED) is 0.841. The molecule has 1 saturated heterocycles. The summed E-state index contributed by atoms with van der Waals surface area (Å²) in [6, 6.07) is 8.11. The molecular formula is C16H23N3O2. The molecule has 1 aromatic rings. The van der Waals surface area contributed by atoms with Crippen LogP contribution in [0.15, 0.2) is 24.3 Å². The number of morpholine rings is 1. The molecule has 1 aromatic carbocycles. The number of fused-ring (bicyclic) bond motifs is 1. The lowest BCUT2D eigenvalue weighted by Gasteiger charge is -2.30. The molecule has 2 aliphatic rings. The molecule has 2 aliphatic heterocycles. The third-order valence-corrected chi connectivity index (χ3v) is 4.13. The van der Waals surface area contributed by atoms with E-state index in [1.54, 1.807) is 0 Å². The van der Waals surface area contributed by atoms with E-state index in [4.69, 9.17) is 4.74 Å². The van der Waals surface area contributed by atoms with Gasteiger partial charge < -0.3 is 19.9 Å². The van der Waals surface area contributed by atoms with Gasteiger partial charge in [0.1, 0.15) is 6.10 Å². The van der Waals surface area contributed by atoms with Crippen LogP contribution in [-0.4, -0.2) is 51.8 Å². The summed E-state index contributed by atoms with van der Waals surface area (Å²) in [5, 5.41) is 3.23. The van der Waals surface area contributed by atoms with Crippen molar-refractivity contribution in [1.82, 2.24) is 5.32 Å². The summed E-state index contributed by atoms with van der Waals surface area (Å²) in [4.78, 5) is 17.0. The summed E-state index contributed by atoms with van der Waals surface area (Å²) in [7, 11) is 2.09. The Morgan fingerprint density at radius 2 is 2.05 bits per heavy atom. The van der Waals surface area contributed by atoms with Crippen LogP contribution in [-0.2, 0) is 9.53 Å². The minimum atomic E-state index is -0.373. The minimum Gasteiger partial charge on any atom is -0.373 e. The maximum Gasteiger partial charge on any atom is 0.257 e. The standard InChI is InChI=1S/C16H23N3O2/c1-12-10-18(2)13-5-3-4-6-14(13)19(11-12)16(20)15-9-17-7-8-21-15/h3-6,12,15,17H,7-11H2,1-2H3/t12-,15-/m1/s1. The number of ether oxygens (including phenoxy) is 1. The lowest BCUT2D eigenvalue weighted by Crippen LogP contribution is -2.50. The number of carbonyl (C=O) groups excluding carboxylic acids is 1. The summed E-state index contributed by atoms with van der Waals surface area (Å²) < 4.78 is 5.64. The average molecular weight is 289 g/mol. The molecule has 5 heteroatoms. The van der Waals surface area contributed by atoms with Gasteiger partial charge in [-0.2, -0.15) is 0 Å². The van der Waals surface area contributed by atoms with E-state index in [0.29, 0.717) is 19.1 Å². The minimum absolute atomic E-state index is 0.0665. The van der Waals surface area contributed by atoms with Crippen LogP contribution < -0.4 is 15.1 Å². The first-order valence-corrected chi connectivity index (χ1v) is 7.60. The van der Waals surface area contributed by atoms with Crippen molar-refractivity contribution in [1.29, 1.82) is 0 Å². The molecule has 1 fully saturated rings. The Kier molecular flexibility index (Phi) is 4.12. The van der Waals surface area contributed by atoms with Gasteiger partial charge in [-0.25, -0.2) is 0 Å². The number of anilines is 2. The van der Waals surface area contributed by atoms with E-state index in [1.165, 1.54) is 0 Å². The Labute approximate surface area is 125 Å². The molecule has 0 aromatic heterocycles. The SMILES string of the molecule is C[C@@H]1CN(C)c2ccccc2N(C(=O)[C@H]2CNCCO2)C1. The van der Waals surface area contributed by atoms with E-state index in [2.05, 4.69) is 30.3 Å². The van der Waals surface area contributed by atoms with Crippen molar-refractivity contribution >= 4 is 17.3 Å². The number of amides is 1. The predicted octanol–water partition coefficient (Wildman–Crippen LogP) is 1.09. The number of hydrogen-bond donors (Lipinski definition) is 1. The third kappa shape index (κ3) is 2.89. The summed E-state index contributed by atoms with van der Waals surface area (Å²) >= 11 is 0. The predicted molar refractivity (Wildman–Crippen MR) is 83.8 cm³/mol. The van der Waals surface area contributed by atoms with Gasteiger partial charge in [0.2, 0.25) is 0 Å². The second-order valence-electron chi connectivity index (χ2n) is 5.99. The highest BCUT2D eigenvalue weighted by Gasteiger charge is 2.32. The monoisotopic (exact) mass is 289 g/mol. The van der Waals surface area contributed by atoms with Gasteiger partial charge in [0.25, 0.3) is 5.91 Å². The molecule has 1 N–H and O–H groups in total. The number of carbonyl (C=O) groups is 1. The number of nitrogens with zero attached hydrogens (tertiary/aromatic N) is 2. The first-order valence-electron chi connectivity index (χ1n) is 7.60. The van der Waals surface area contributed by atoms with Gasteiger partial charge in [-0.3, -0.25) is 4.79 Å². The summed E-state index contributed by atoms with van der Waals surface area (Å²) in [5.41, 5.74) is 2.10. The maximum absolute atomic E-state index is 12.9. The molecule has 0 unspecified atom stereocenters. The van der Waals surface area contributed by atoms with Gasteiger partial charge in [0, 0.05) is 33.2 Å². The van der Waals surface area contributed by atoms with Gasteiger partial charge in [0.15, 0.2) is 0 Å². The molecule has 2 heterocycles. The number of nitrogens with one attached hydrogen (secondary N) is 1. The van der Waals surface area contributed by atoms with Gasteiger partial charge in [-0.15, -0.1) is 0 Å². The maximum atomic E-state index is 12.9. The highest BCUT2D eigenvalue weighted by molar-refractivity contribution is 6.00. The number of benzene rings is 1. The fourth-order valence-electron chi connectivity index (χ4n) is 3.16. The van der Waals surface area contributed by atoms with Crippen LogP contribution in [0.1, 0.15) is 6.92 Å². The van der Waals surface area contributed by atoms with Gasteiger partial charge in [-0.1, -0.05) is 19.1 Å². The van der Waals surface area contributed by atoms with Crippen LogP contribution in [0.3, 0.4) is 0 Å². The van der Waals surface area contributed by atoms with Crippen molar-refractivity contribution in [2.45, 2.75) is 13.0 Å². The van der Waals surface area contributed by atoms with E-state index < -0.39 is 0 Å². The van der Waals surface area contributed by atoms with Gasteiger partial charge >= 0.3 is 0 Å². The highest BCUT2D eigenvalue weighted by atomic mass is 16.5. The second kappa shape index (κ2) is 6.03. The Morgan fingerprint density at radius 3 is 2.76 bits per heavy atom. The summed E-state index contributed by atoms with van der Waals surface area (Å²) in [6.07, 6.45) is -0.373. The molecule has 2 atom stereocenters. The third-order valence-electron chi connectivity index (χ3n) is 4.13. The number of rotatable bonds is 1. The van der Waals surface area contributed by atoms with Crippen molar-refractivity contribution in [3.63, 3.8) is 0 Å². The van der Waals surface area contributed by atoms with E-state index in [1.807, 2.05) is 23.1 Å². The van der Waals surface area contributed by atoms with Crippen LogP contribution in [0.2, 0.25) is 0 Å².